The van der Waals surface area contributed by atoms with E-state index < -0.39 is 17.5 Å². The minimum absolute atomic E-state index is 0.00175. The van der Waals surface area contributed by atoms with Gasteiger partial charge in [-0.3, -0.25) is 4.79 Å². The van der Waals surface area contributed by atoms with Gasteiger partial charge in [-0.15, -0.1) is 0 Å². The average molecular weight is 330 g/mol. The van der Waals surface area contributed by atoms with Crippen molar-refractivity contribution in [2.45, 2.75) is 45.6 Å². The molecule has 0 aliphatic carbocycles. The van der Waals surface area contributed by atoms with Gasteiger partial charge >= 0.3 is 6.09 Å². The molecule has 1 rings (SSSR count). The molecule has 0 spiro atoms. The Hall–Kier alpha value is -1.62. The summed E-state index contributed by atoms with van der Waals surface area (Å²) >= 11 is 5.57. The number of amides is 1. The van der Waals surface area contributed by atoms with Gasteiger partial charge in [0, 0.05) is 18.5 Å². The van der Waals surface area contributed by atoms with Crippen LogP contribution in [0.2, 0.25) is 5.02 Å². The maximum Gasteiger partial charge on any atom is 0.407 e. The standard InChI is InChI=1S/C16H21ClFNO3/c1-16(2,3)22-15(21)19-9-5-4-6-14(20)11-7-8-12(17)13(18)10-11/h7-8,10H,4-6,9H2,1-3H3,(H,19,21). The molecule has 0 radical (unpaired) electrons. The predicted molar refractivity (Wildman–Crippen MR) is 83.8 cm³/mol. The first-order chi connectivity index (χ1) is 10.2. The number of carbonyl (C=O) groups excluding carboxylic acids is 2. The summed E-state index contributed by atoms with van der Waals surface area (Å²) < 4.78 is 18.3. The molecule has 1 N–H and O–H groups in total. The molecule has 0 atom stereocenters. The minimum atomic E-state index is -0.598. The van der Waals surface area contributed by atoms with Gasteiger partial charge in [0.25, 0.3) is 0 Å². The number of ether oxygens (including phenoxy) is 1. The number of Topliss-reactive ketones (excluding diaryl/α,β-unsaturated/α-hetero) is 1. The number of rotatable bonds is 6. The maximum absolute atomic E-state index is 13.3. The number of benzene rings is 1. The van der Waals surface area contributed by atoms with Crippen LogP contribution < -0.4 is 5.32 Å². The van der Waals surface area contributed by atoms with Crippen molar-refractivity contribution < 1.29 is 18.7 Å². The number of halogens is 2. The zero-order valence-electron chi connectivity index (χ0n) is 13.0. The molecule has 122 valence electrons. The van der Waals surface area contributed by atoms with E-state index in [0.29, 0.717) is 24.9 Å². The van der Waals surface area contributed by atoms with E-state index in [0.717, 1.165) is 6.07 Å². The Morgan fingerprint density at radius 3 is 2.55 bits per heavy atom. The topological polar surface area (TPSA) is 55.4 Å². The molecule has 1 aromatic rings. The summed E-state index contributed by atoms with van der Waals surface area (Å²) in [6.45, 7) is 5.79. The maximum atomic E-state index is 13.3. The fourth-order valence-electron chi connectivity index (χ4n) is 1.73. The average Bonchev–Trinajstić information content (AvgIpc) is 2.39. The van der Waals surface area contributed by atoms with Gasteiger partial charge in [-0.1, -0.05) is 11.6 Å². The van der Waals surface area contributed by atoms with E-state index in [1.54, 1.807) is 20.8 Å². The smallest absolute Gasteiger partial charge is 0.407 e. The predicted octanol–water partition coefficient (Wildman–Crippen LogP) is 4.36. The molecule has 1 amide bonds. The number of ketones is 1. The number of unbranched alkanes of at least 4 members (excludes halogenated alkanes) is 1. The van der Waals surface area contributed by atoms with Gasteiger partial charge in [-0.05, 0) is 51.8 Å². The summed E-state index contributed by atoms with van der Waals surface area (Å²) in [4.78, 5) is 23.3. The molecule has 0 saturated carbocycles. The van der Waals surface area contributed by atoms with Gasteiger partial charge in [0.15, 0.2) is 5.78 Å². The van der Waals surface area contributed by atoms with Crippen LogP contribution in [0.4, 0.5) is 9.18 Å². The Morgan fingerprint density at radius 2 is 1.95 bits per heavy atom. The van der Waals surface area contributed by atoms with Crippen molar-refractivity contribution >= 4 is 23.5 Å². The van der Waals surface area contributed by atoms with Crippen LogP contribution in [0.3, 0.4) is 0 Å². The molecule has 4 nitrogen and oxygen atoms in total. The Kier molecular flexibility index (Phi) is 6.81. The summed E-state index contributed by atoms with van der Waals surface area (Å²) in [5.74, 6) is -0.744. The Labute approximate surface area is 135 Å². The first kappa shape index (κ1) is 18.4. The second-order valence-corrected chi connectivity index (χ2v) is 6.35. The molecule has 0 aliphatic heterocycles. The third kappa shape index (κ3) is 6.89. The number of carbonyl (C=O) groups is 2. The summed E-state index contributed by atoms with van der Waals surface area (Å²) in [5.41, 5.74) is -0.222. The summed E-state index contributed by atoms with van der Waals surface area (Å²) in [6.07, 6.45) is 1.05. The quantitative estimate of drug-likeness (QED) is 0.623. The summed E-state index contributed by atoms with van der Waals surface area (Å²) in [5, 5.41) is 2.62. The van der Waals surface area contributed by atoms with Gasteiger partial charge in [0.2, 0.25) is 0 Å². The van der Waals surface area contributed by atoms with Crippen molar-refractivity contribution in [1.29, 1.82) is 0 Å². The van der Waals surface area contributed by atoms with Crippen LogP contribution in [-0.2, 0) is 4.74 Å². The van der Waals surface area contributed by atoms with E-state index in [1.165, 1.54) is 12.1 Å². The lowest BCUT2D eigenvalue weighted by Crippen LogP contribution is -2.33. The lowest BCUT2D eigenvalue weighted by Gasteiger charge is -2.19. The van der Waals surface area contributed by atoms with Gasteiger partial charge < -0.3 is 10.1 Å². The van der Waals surface area contributed by atoms with E-state index in [-0.39, 0.29) is 17.2 Å². The Bertz CT molecular complexity index is 541. The highest BCUT2D eigenvalue weighted by molar-refractivity contribution is 6.30. The molecule has 0 unspecified atom stereocenters. The van der Waals surface area contributed by atoms with Crippen LogP contribution in [0.1, 0.15) is 50.4 Å². The van der Waals surface area contributed by atoms with Crippen LogP contribution in [0.25, 0.3) is 0 Å². The lowest BCUT2D eigenvalue weighted by atomic mass is 10.1. The molecule has 0 heterocycles. The second-order valence-electron chi connectivity index (χ2n) is 5.94. The molecule has 0 fully saturated rings. The van der Waals surface area contributed by atoms with Crippen molar-refractivity contribution in [3.8, 4) is 0 Å². The van der Waals surface area contributed by atoms with Crippen LogP contribution in [0.15, 0.2) is 18.2 Å². The molecule has 0 saturated heterocycles. The van der Waals surface area contributed by atoms with Crippen molar-refractivity contribution in [3.05, 3.63) is 34.6 Å². The number of nitrogens with one attached hydrogen (secondary N) is 1. The first-order valence-corrected chi connectivity index (χ1v) is 7.52. The number of hydrogen-bond donors (Lipinski definition) is 1. The van der Waals surface area contributed by atoms with Gasteiger partial charge in [-0.2, -0.15) is 0 Å². The third-order valence-corrected chi connectivity index (χ3v) is 3.05. The molecular formula is C16H21ClFNO3. The van der Waals surface area contributed by atoms with Crippen LogP contribution in [-0.4, -0.2) is 24.0 Å². The Balaban J connectivity index is 2.25. The second kappa shape index (κ2) is 8.13. The van der Waals surface area contributed by atoms with E-state index in [1.807, 2.05) is 0 Å². The monoisotopic (exact) mass is 329 g/mol. The lowest BCUT2D eigenvalue weighted by molar-refractivity contribution is 0.0527. The largest absolute Gasteiger partial charge is 0.444 e. The fraction of sp³-hybridized carbons (Fsp3) is 0.500. The van der Waals surface area contributed by atoms with Gasteiger partial charge in [-0.25, -0.2) is 9.18 Å². The highest BCUT2D eigenvalue weighted by Gasteiger charge is 2.15. The van der Waals surface area contributed by atoms with Crippen molar-refractivity contribution in [3.63, 3.8) is 0 Å². The summed E-state index contributed by atoms with van der Waals surface area (Å²) in [7, 11) is 0. The minimum Gasteiger partial charge on any atom is -0.444 e. The van der Waals surface area contributed by atoms with E-state index in [4.69, 9.17) is 16.3 Å². The van der Waals surface area contributed by atoms with Crippen molar-refractivity contribution in [2.75, 3.05) is 6.54 Å². The van der Waals surface area contributed by atoms with Crippen LogP contribution >= 0.6 is 11.6 Å². The number of hydrogen-bond acceptors (Lipinski definition) is 3. The molecule has 22 heavy (non-hydrogen) atoms. The highest BCUT2D eigenvalue weighted by Crippen LogP contribution is 2.17. The molecular weight excluding hydrogens is 309 g/mol. The van der Waals surface area contributed by atoms with Gasteiger partial charge in [0.05, 0.1) is 5.02 Å². The molecule has 0 aromatic heterocycles. The van der Waals surface area contributed by atoms with Crippen LogP contribution in [0.5, 0.6) is 0 Å². The SMILES string of the molecule is CC(C)(C)OC(=O)NCCCCC(=O)c1ccc(Cl)c(F)c1. The highest BCUT2D eigenvalue weighted by atomic mass is 35.5. The zero-order chi connectivity index (χ0) is 16.8. The van der Waals surface area contributed by atoms with E-state index in [9.17, 15) is 14.0 Å². The third-order valence-electron chi connectivity index (χ3n) is 2.74. The first-order valence-electron chi connectivity index (χ1n) is 7.14. The van der Waals surface area contributed by atoms with Crippen LogP contribution in [0, 0.1) is 5.82 Å². The number of alkyl carbamates (subject to hydrolysis) is 1. The molecule has 0 bridgehead atoms. The van der Waals surface area contributed by atoms with Crippen molar-refractivity contribution in [2.24, 2.45) is 0 Å². The normalized spacial score (nSPS) is 11.1. The fourth-order valence-corrected chi connectivity index (χ4v) is 1.85. The molecule has 1 aromatic carbocycles. The molecule has 0 aliphatic rings. The van der Waals surface area contributed by atoms with E-state index >= 15 is 0 Å². The van der Waals surface area contributed by atoms with E-state index in [2.05, 4.69) is 5.32 Å². The Morgan fingerprint density at radius 1 is 1.27 bits per heavy atom. The zero-order valence-corrected chi connectivity index (χ0v) is 13.8. The summed E-state index contributed by atoms with van der Waals surface area (Å²) in [6, 6.07) is 4.02. The molecule has 6 heteroatoms. The van der Waals surface area contributed by atoms with Gasteiger partial charge in [0.1, 0.15) is 11.4 Å². The van der Waals surface area contributed by atoms with Crippen molar-refractivity contribution in [1.82, 2.24) is 5.32 Å².